The molecule has 3 rings (SSSR count). The van der Waals surface area contributed by atoms with Crippen LogP contribution in [-0.2, 0) is 9.53 Å². The van der Waals surface area contributed by atoms with E-state index in [-0.39, 0.29) is 5.91 Å². The Balaban J connectivity index is 1.97. The number of carbonyl (C=O) groups excluding carboxylic acids is 1. The van der Waals surface area contributed by atoms with Gasteiger partial charge in [-0.25, -0.2) is 0 Å². The third-order valence-electron chi connectivity index (χ3n) is 6.32. The number of carbonyl (C=O) groups is 1. The van der Waals surface area contributed by atoms with Crippen molar-refractivity contribution in [3.8, 4) is 6.07 Å². The van der Waals surface area contributed by atoms with Gasteiger partial charge in [0.1, 0.15) is 17.3 Å². The number of aromatic nitrogens is 1. The van der Waals surface area contributed by atoms with E-state index in [0.29, 0.717) is 40.8 Å². The van der Waals surface area contributed by atoms with E-state index in [4.69, 9.17) is 4.74 Å². The van der Waals surface area contributed by atoms with Gasteiger partial charge in [-0.3, -0.25) is 4.79 Å². The third-order valence-corrected chi connectivity index (χ3v) is 7.15. The molecule has 0 bridgehead atoms. The maximum absolute atomic E-state index is 13.3. The number of nitriles is 1. The topological polar surface area (TPSA) is 103 Å². The Hall–Kier alpha value is -2.83. The zero-order valence-electron chi connectivity index (χ0n) is 19.1. The highest BCUT2D eigenvalue weighted by molar-refractivity contribution is 7.10. The third kappa shape index (κ3) is 4.97. The van der Waals surface area contributed by atoms with Gasteiger partial charge >= 0.3 is 0 Å². The number of rotatable bonds is 8. The van der Waals surface area contributed by atoms with Crippen molar-refractivity contribution >= 4 is 39.5 Å². The van der Waals surface area contributed by atoms with E-state index >= 15 is 0 Å². The number of nitrogens with zero attached hydrogens (tertiary/aromatic N) is 5. The van der Waals surface area contributed by atoms with E-state index in [1.54, 1.807) is 6.92 Å². The normalized spacial score (nSPS) is 14.5. The molecule has 170 valence electrons. The maximum atomic E-state index is 13.3. The molecule has 0 unspecified atom stereocenters. The van der Waals surface area contributed by atoms with Crippen LogP contribution in [-0.4, -0.2) is 36.6 Å². The lowest BCUT2D eigenvalue weighted by Gasteiger charge is -2.31. The highest BCUT2D eigenvalue weighted by Crippen LogP contribution is 2.37. The van der Waals surface area contributed by atoms with Gasteiger partial charge in [-0.1, -0.05) is 20.8 Å². The fourth-order valence-electron chi connectivity index (χ4n) is 3.87. The van der Waals surface area contributed by atoms with Gasteiger partial charge in [0.05, 0.1) is 24.6 Å². The Labute approximate surface area is 193 Å². The maximum Gasteiger partial charge on any atom is 0.230 e. The van der Waals surface area contributed by atoms with E-state index in [1.165, 1.54) is 0 Å². The molecule has 9 heteroatoms. The number of anilines is 2. The smallest absolute Gasteiger partial charge is 0.230 e. The predicted molar refractivity (Wildman–Crippen MR) is 127 cm³/mol. The number of benzene rings is 1. The second-order valence-electron chi connectivity index (χ2n) is 7.86. The molecule has 0 aliphatic carbocycles. The number of hydrogen-bond donors (Lipinski definition) is 1. The van der Waals surface area contributed by atoms with Crippen molar-refractivity contribution < 1.29 is 9.53 Å². The Morgan fingerprint density at radius 2 is 1.94 bits per heavy atom. The number of aryl methyl sites for hydroxylation is 1. The summed E-state index contributed by atoms with van der Waals surface area (Å²) in [6.45, 7) is 10.9. The minimum Gasteiger partial charge on any atom is -0.378 e. The van der Waals surface area contributed by atoms with Crippen molar-refractivity contribution in [2.45, 2.75) is 47.0 Å². The summed E-state index contributed by atoms with van der Waals surface area (Å²) >= 11 is 1.14. The van der Waals surface area contributed by atoms with Crippen LogP contribution in [0.1, 0.15) is 51.3 Å². The Morgan fingerprint density at radius 3 is 2.56 bits per heavy atom. The highest BCUT2D eigenvalue weighted by atomic mass is 32.1. The monoisotopic (exact) mass is 454 g/mol. The lowest BCUT2D eigenvalue weighted by Crippen LogP contribution is -2.36. The molecule has 1 saturated heterocycles. The molecule has 1 aliphatic rings. The van der Waals surface area contributed by atoms with Gasteiger partial charge in [-0.2, -0.15) is 9.64 Å². The first kappa shape index (κ1) is 23.8. The summed E-state index contributed by atoms with van der Waals surface area (Å²) < 4.78 is 9.65. The van der Waals surface area contributed by atoms with E-state index in [2.05, 4.69) is 30.9 Å². The summed E-state index contributed by atoms with van der Waals surface area (Å²) in [7, 11) is 0. The van der Waals surface area contributed by atoms with Crippen LogP contribution in [0, 0.1) is 23.7 Å². The lowest BCUT2D eigenvalue weighted by atomic mass is 9.79. The zero-order chi connectivity index (χ0) is 23.1. The van der Waals surface area contributed by atoms with E-state index in [1.807, 2.05) is 39.0 Å². The summed E-state index contributed by atoms with van der Waals surface area (Å²) in [5, 5.41) is 21.6. The molecule has 0 radical (unpaired) electrons. The number of azo groups is 1. The van der Waals surface area contributed by atoms with Crippen LogP contribution in [0.15, 0.2) is 28.4 Å². The van der Waals surface area contributed by atoms with Gasteiger partial charge in [0, 0.05) is 24.2 Å². The average molecular weight is 455 g/mol. The second kappa shape index (κ2) is 10.7. The van der Waals surface area contributed by atoms with Crippen LogP contribution in [0.2, 0.25) is 0 Å². The molecule has 32 heavy (non-hydrogen) atoms. The number of ether oxygens (including phenoxy) is 1. The molecule has 0 saturated carbocycles. The van der Waals surface area contributed by atoms with Crippen molar-refractivity contribution in [1.29, 1.82) is 5.26 Å². The fourth-order valence-corrected chi connectivity index (χ4v) is 4.55. The van der Waals surface area contributed by atoms with Crippen LogP contribution in [0.4, 0.5) is 22.1 Å². The number of morpholine rings is 1. The first-order chi connectivity index (χ1) is 15.5. The van der Waals surface area contributed by atoms with Crippen molar-refractivity contribution in [3.63, 3.8) is 0 Å². The zero-order valence-corrected chi connectivity index (χ0v) is 20.0. The van der Waals surface area contributed by atoms with Crippen LogP contribution in [0.3, 0.4) is 0 Å². The van der Waals surface area contributed by atoms with Crippen LogP contribution in [0.25, 0.3) is 0 Å². The number of hydrogen-bond acceptors (Lipinski definition) is 8. The quantitative estimate of drug-likeness (QED) is 0.513. The molecule has 0 atom stereocenters. The molecule has 1 N–H and O–H groups in total. The molecule has 0 spiro atoms. The molecule has 2 heterocycles. The number of amides is 1. The summed E-state index contributed by atoms with van der Waals surface area (Å²) in [4.78, 5) is 15.5. The molecule has 1 aromatic carbocycles. The largest absolute Gasteiger partial charge is 0.378 e. The van der Waals surface area contributed by atoms with Crippen molar-refractivity contribution in [2.24, 2.45) is 15.6 Å². The Morgan fingerprint density at radius 1 is 1.25 bits per heavy atom. The van der Waals surface area contributed by atoms with Crippen molar-refractivity contribution in [2.75, 3.05) is 36.5 Å². The fraction of sp³-hybridized carbons (Fsp3) is 0.522. The summed E-state index contributed by atoms with van der Waals surface area (Å²) in [5.41, 5.74) is 2.80. The minimum absolute atomic E-state index is 0.00748. The number of nitrogens with one attached hydrogen (secondary N) is 1. The lowest BCUT2D eigenvalue weighted by molar-refractivity contribution is -0.126. The first-order valence-electron chi connectivity index (χ1n) is 11.0. The molecule has 1 fully saturated rings. The molecular weight excluding hydrogens is 424 g/mol. The molecule has 2 aromatic rings. The second-order valence-corrected chi connectivity index (χ2v) is 8.61. The van der Waals surface area contributed by atoms with E-state index in [0.717, 1.165) is 49.6 Å². The van der Waals surface area contributed by atoms with Crippen molar-refractivity contribution in [1.82, 2.24) is 4.37 Å². The highest BCUT2D eigenvalue weighted by Gasteiger charge is 2.33. The van der Waals surface area contributed by atoms with Crippen LogP contribution < -0.4 is 10.2 Å². The molecule has 1 aliphatic heterocycles. The van der Waals surface area contributed by atoms with Gasteiger partial charge in [0.25, 0.3) is 0 Å². The van der Waals surface area contributed by atoms with Crippen LogP contribution in [0.5, 0.6) is 0 Å². The minimum atomic E-state index is -0.424. The Kier molecular flexibility index (Phi) is 7.94. The summed E-state index contributed by atoms with van der Waals surface area (Å²) in [6.07, 6.45) is 2.28. The Bertz CT molecular complexity index is 1010. The van der Waals surface area contributed by atoms with Gasteiger partial charge in [-0.05, 0) is 55.9 Å². The molecular formula is C23H30N6O2S. The first-order valence-corrected chi connectivity index (χ1v) is 11.8. The predicted octanol–water partition coefficient (Wildman–Crippen LogP) is 5.73. The standard InChI is InChI=1S/C23H30N6O2S/c1-5-23(6-2,7-3)22(30)25-20-14-17(29-10-12-31-13-11-29)8-9-19(20)26-27-21-18(15-24)16(4)28-32-21/h8-9,14H,5-7,10-13H2,1-4H3,(H,25,30). The van der Waals surface area contributed by atoms with Gasteiger partial charge in [0.15, 0.2) is 5.00 Å². The SMILES string of the molecule is CCC(CC)(CC)C(=O)Nc1cc(N2CCOCC2)ccc1N=Nc1snc(C)c1C#N. The van der Waals surface area contributed by atoms with Crippen LogP contribution >= 0.6 is 11.5 Å². The van der Waals surface area contributed by atoms with Gasteiger partial charge < -0.3 is 15.0 Å². The van der Waals surface area contributed by atoms with Gasteiger partial charge in [-0.15, -0.1) is 10.2 Å². The van der Waals surface area contributed by atoms with E-state index in [9.17, 15) is 10.1 Å². The summed E-state index contributed by atoms with van der Waals surface area (Å²) in [6, 6.07) is 7.91. The van der Waals surface area contributed by atoms with E-state index < -0.39 is 5.41 Å². The summed E-state index contributed by atoms with van der Waals surface area (Å²) in [5.74, 6) is -0.00748. The molecule has 1 amide bonds. The van der Waals surface area contributed by atoms with Gasteiger partial charge in [0.2, 0.25) is 5.91 Å². The van der Waals surface area contributed by atoms with Crippen molar-refractivity contribution in [3.05, 3.63) is 29.5 Å². The molecule has 1 aromatic heterocycles. The molecule has 8 nitrogen and oxygen atoms in total. The average Bonchev–Trinajstić information content (AvgIpc) is 3.19.